The Morgan fingerprint density at radius 3 is 2.00 bits per heavy atom. The van der Waals surface area contributed by atoms with Crippen LogP contribution >= 0.6 is 0 Å². The molecule has 0 aromatic carbocycles. The van der Waals surface area contributed by atoms with E-state index in [-0.39, 0.29) is 11.3 Å². The van der Waals surface area contributed by atoms with E-state index in [1.54, 1.807) is 0 Å². The van der Waals surface area contributed by atoms with Crippen molar-refractivity contribution in [1.82, 2.24) is 0 Å². The fourth-order valence-corrected chi connectivity index (χ4v) is 1.96. The van der Waals surface area contributed by atoms with Gasteiger partial charge in [-0.05, 0) is 25.7 Å². The molecule has 0 spiro atoms. The first-order chi connectivity index (χ1) is 5.83. The van der Waals surface area contributed by atoms with Crippen molar-refractivity contribution in [2.45, 2.75) is 45.1 Å². The molecular formula is C9H21NO2S. The predicted octanol–water partition coefficient (Wildman–Crippen LogP) is 1.33. The van der Waals surface area contributed by atoms with E-state index in [0.29, 0.717) is 6.42 Å². The van der Waals surface area contributed by atoms with Crippen molar-refractivity contribution in [2.24, 2.45) is 5.73 Å². The summed E-state index contributed by atoms with van der Waals surface area (Å²) < 4.78 is 21.7. The van der Waals surface area contributed by atoms with E-state index >= 15 is 0 Å². The van der Waals surface area contributed by atoms with Crippen molar-refractivity contribution in [3.05, 3.63) is 0 Å². The van der Waals surface area contributed by atoms with E-state index in [1.807, 2.05) is 13.8 Å². The van der Waals surface area contributed by atoms with Gasteiger partial charge in [0.2, 0.25) is 0 Å². The van der Waals surface area contributed by atoms with Crippen LogP contribution in [0.3, 0.4) is 0 Å². The minimum atomic E-state index is -2.82. The van der Waals surface area contributed by atoms with Crippen LogP contribution in [0, 0.1) is 0 Å². The molecule has 0 fully saturated rings. The molecule has 0 heterocycles. The summed E-state index contributed by atoms with van der Waals surface area (Å²) in [6.45, 7) is 4.09. The van der Waals surface area contributed by atoms with Crippen molar-refractivity contribution in [1.29, 1.82) is 0 Å². The van der Waals surface area contributed by atoms with Crippen molar-refractivity contribution in [2.75, 3.05) is 12.0 Å². The first-order valence-corrected chi connectivity index (χ1v) is 6.85. The summed E-state index contributed by atoms with van der Waals surface area (Å²) in [4.78, 5) is 0. The van der Waals surface area contributed by atoms with Gasteiger partial charge in [-0.1, -0.05) is 13.8 Å². The Hall–Kier alpha value is -0.0900. The third-order valence-corrected chi connectivity index (χ3v) is 3.63. The maximum absolute atomic E-state index is 10.9. The zero-order valence-corrected chi connectivity index (χ0v) is 9.65. The number of hydrogen-bond donors (Lipinski definition) is 1. The molecule has 13 heavy (non-hydrogen) atoms. The van der Waals surface area contributed by atoms with Crippen LogP contribution in [0.25, 0.3) is 0 Å². The molecule has 4 heteroatoms. The lowest BCUT2D eigenvalue weighted by atomic mass is 9.89. The van der Waals surface area contributed by atoms with Gasteiger partial charge in [-0.3, -0.25) is 0 Å². The van der Waals surface area contributed by atoms with E-state index < -0.39 is 9.84 Å². The summed E-state index contributed by atoms with van der Waals surface area (Å²) in [5.74, 6) is 0.256. The fraction of sp³-hybridized carbons (Fsp3) is 1.00. The highest BCUT2D eigenvalue weighted by Gasteiger charge is 2.19. The average Bonchev–Trinajstić information content (AvgIpc) is 2.02. The summed E-state index contributed by atoms with van der Waals surface area (Å²) in [5, 5.41) is 0. The highest BCUT2D eigenvalue weighted by molar-refractivity contribution is 7.90. The Balaban J connectivity index is 3.88. The smallest absolute Gasteiger partial charge is 0.147 e. The third-order valence-electron chi connectivity index (χ3n) is 2.60. The van der Waals surface area contributed by atoms with Gasteiger partial charge in [-0.2, -0.15) is 0 Å². The Bertz CT molecular complexity index is 230. The number of nitrogens with two attached hydrogens (primary N) is 1. The van der Waals surface area contributed by atoms with Crippen LogP contribution < -0.4 is 5.73 Å². The molecule has 0 rings (SSSR count). The average molecular weight is 207 g/mol. The van der Waals surface area contributed by atoms with Gasteiger partial charge >= 0.3 is 0 Å². The summed E-state index contributed by atoms with van der Waals surface area (Å²) >= 11 is 0. The second-order valence-electron chi connectivity index (χ2n) is 3.80. The van der Waals surface area contributed by atoms with Crippen LogP contribution in [0.4, 0.5) is 0 Å². The van der Waals surface area contributed by atoms with Crippen molar-refractivity contribution < 1.29 is 8.42 Å². The quantitative estimate of drug-likeness (QED) is 0.714. The summed E-state index contributed by atoms with van der Waals surface area (Å²) in [6, 6.07) is 0. The molecule has 0 atom stereocenters. The lowest BCUT2D eigenvalue weighted by Crippen LogP contribution is -2.38. The first kappa shape index (κ1) is 12.9. The van der Waals surface area contributed by atoms with E-state index in [1.165, 1.54) is 6.26 Å². The topological polar surface area (TPSA) is 60.2 Å². The fourth-order valence-electron chi connectivity index (χ4n) is 1.29. The largest absolute Gasteiger partial charge is 0.325 e. The minimum Gasteiger partial charge on any atom is -0.325 e. The molecular weight excluding hydrogens is 186 g/mol. The van der Waals surface area contributed by atoms with Gasteiger partial charge in [0, 0.05) is 17.5 Å². The Morgan fingerprint density at radius 1 is 1.23 bits per heavy atom. The zero-order chi connectivity index (χ0) is 10.5. The molecule has 3 nitrogen and oxygen atoms in total. The van der Waals surface area contributed by atoms with Gasteiger partial charge < -0.3 is 5.73 Å². The van der Waals surface area contributed by atoms with E-state index in [9.17, 15) is 8.42 Å². The van der Waals surface area contributed by atoms with Crippen LogP contribution in [0.1, 0.15) is 39.5 Å². The molecule has 0 amide bonds. The standard InChI is InChI=1S/C9H21NO2S/c1-4-9(10,5-2)7-6-8-13(3,11)12/h4-8,10H2,1-3H3. The van der Waals surface area contributed by atoms with Gasteiger partial charge in [0.25, 0.3) is 0 Å². The molecule has 0 aromatic heterocycles. The van der Waals surface area contributed by atoms with Gasteiger partial charge in [0.1, 0.15) is 9.84 Å². The Labute approximate surface area is 81.6 Å². The second kappa shape index (κ2) is 4.96. The second-order valence-corrected chi connectivity index (χ2v) is 6.06. The lowest BCUT2D eigenvalue weighted by Gasteiger charge is -2.26. The number of hydrogen-bond acceptors (Lipinski definition) is 3. The van der Waals surface area contributed by atoms with E-state index in [2.05, 4.69) is 0 Å². The van der Waals surface area contributed by atoms with Gasteiger partial charge in [-0.25, -0.2) is 8.42 Å². The van der Waals surface area contributed by atoms with E-state index in [0.717, 1.165) is 19.3 Å². The van der Waals surface area contributed by atoms with Crippen LogP contribution in [0.5, 0.6) is 0 Å². The van der Waals surface area contributed by atoms with Gasteiger partial charge in [-0.15, -0.1) is 0 Å². The van der Waals surface area contributed by atoms with Crippen molar-refractivity contribution in [3.8, 4) is 0 Å². The molecule has 0 aliphatic rings. The number of rotatable bonds is 6. The molecule has 0 saturated heterocycles. The molecule has 2 N–H and O–H groups in total. The molecule has 0 aliphatic carbocycles. The molecule has 0 unspecified atom stereocenters. The Kier molecular flexibility index (Phi) is 4.92. The van der Waals surface area contributed by atoms with Crippen LogP contribution in [0.2, 0.25) is 0 Å². The SMILES string of the molecule is CCC(N)(CC)CCCS(C)(=O)=O. The monoisotopic (exact) mass is 207 g/mol. The molecule has 0 radical (unpaired) electrons. The summed E-state index contributed by atoms with van der Waals surface area (Å²) in [5.41, 5.74) is 5.87. The summed E-state index contributed by atoms with van der Waals surface area (Å²) in [6.07, 6.45) is 4.56. The van der Waals surface area contributed by atoms with Crippen LogP contribution in [-0.2, 0) is 9.84 Å². The minimum absolute atomic E-state index is 0.162. The maximum Gasteiger partial charge on any atom is 0.147 e. The van der Waals surface area contributed by atoms with Crippen molar-refractivity contribution in [3.63, 3.8) is 0 Å². The Morgan fingerprint density at radius 2 is 1.69 bits per heavy atom. The highest BCUT2D eigenvalue weighted by atomic mass is 32.2. The molecule has 0 aliphatic heterocycles. The predicted molar refractivity (Wildman–Crippen MR) is 56.4 cm³/mol. The normalized spacial score (nSPS) is 13.2. The molecule has 0 saturated carbocycles. The summed E-state index contributed by atoms with van der Waals surface area (Å²) in [7, 11) is -2.82. The van der Waals surface area contributed by atoms with Gasteiger partial charge in [0.05, 0.1) is 0 Å². The van der Waals surface area contributed by atoms with Crippen LogP contribution in [-0.4, -0.2) is 26.0 Å². The maximum atomic E-state index is 10.9. The first-order valence-electron chi connectivity index (χ1n) is 4.79. The highest BCUT2D eigenvalue weighted by Crippen LogP contribution is 2.18. The van der Waals surface area contributed by atoms with E-state index in [4.69, 9.17) is 5.73 Å². The zero-order valence-electron chi connectivity index (χ0n) is 8.84. The van der Waals surface area contributed by atoms with Gasteiger partial charge in [0.15, 0.2) is 0 Å². The number of sulfone groups is 1. The molecule has 80 valence electrons. The molecule has 0 bridgehead atoms. The lowest BCUT2D eigenvalue weighted by molar-refractivity contribution is 0.364. The van der Waals surface area contributed by atoms with Crippen molar-refractivity contribution >= 4 is 9.84 Å². The molecule has 0 aromatic rings. The van der Waals surface area contributed by atoms with Crippen LogP contribution in [0.15, 0.2) is 0 Å². The third kappa shape index (κ3) is 6.05.